The van der Waals surface area contributed by atoms with E-state index in [-0.39, 0.29) is 17.6 Å². The fraction of sp³-hybridized carbons (Fsp3) is 0.692. The molecule has 2 atom stereocenters. The standard InChI is InChI=1S/C13H18N4O3S/c1-8-4-16(5-10(8)12(19)20)11(18)6-21-13-15-14-7-17(13)9-2-3-9/h7-10H,2-6H2,1H3,(H,19,20)/t8-,10-/m1/s1. The Hall–Kier alpha value is -1.57. The normalized spacial score (nSPS) is 25.3. The predicted octanol–water partition coefficient (Wildman–Crippen LogP) is 0.884. The lowest BCUT2D eigenvalue weighted by Crippen LogP contribution is -2.31. The van der Waals surface area contributed by atoms with Crippen molar-refractivity contribution < 1.29 is 14.7 Å². The molecule has 1 aliphatic carbocycles. The van der Waals surface area contributed by atoms with Gasteiger partial charge in [0.2, 0.25) is 5.91 Å². The van der Waals surface area contributed by atoms with Crippen molar-refractivity contribution >= 4 is 23.6 Å². The second-order valence-corrected chi connectivity index (χ2v) is 6.70. The van der Waals surface area contributed by atoms with E-state index in [0.29, 0.717) is 19.1 Å². The van der Waals surface area contributed by atoms with Gasteiger partial charge in [0.25, 0.3) is 0 Å². The monoisotopic (exact) mass is 310 g/mol. The molecule has 2 aliphatic rings. The summed E-state index contributed by atoms with van der Waals surface area (Å²) >= 11 is 1.38. The minimum absolute atomic E-state index is 0.00608. The van der Waals surface area contributed by atoms with Crippen LogP contribution in [0.4, 0.5) is 0 Å². The molecule has 1 saturated carbocycles. The fourth-order valence-electron chi connectivity index (χ4n) is 2.65. The van der Waals surface area contributed by atoms with Crippen LogP contribution >= 0.6 is 11.8 Å². The van der Waals surface area contributed by atoms with Crippen LogP contribution in [0.3, 0.4) is 0 Å². The van der Waals surface area contributed by atoms with Gasteiger partial charge >= 0.3 is 5.97 Å². The smallest absolute Gasteiger partial charge is 0.308 e. The van der Waals surface area contributed by atoms with E-state index in [1.165, 1.54) is 11.8 Å². The van der Waals surface area contributed by atoms with Crippen LogP contribution in [0.5, 0.6) is 0 Å². The first-order chi connectivity index (χ1) is 10.1. The maximum absolute atomic E-state index is 12.2. The number of aromatic nitrogens is 3. The summed E-state index contributed by atoms with van der Waals surface area (Å²) in [5.74, 6) is -1.01. The average Bonchev–Trinajstić information content (AvgIpc) is 3.04. The Labute approximate surface area is 126 Å². The van der Waals surface area contributed by atoms with Crippen molar-refractivity contribution in [2.45, 2.75) is 31.0 Å². The molecule has 0 unspecified atom stereocenters. The Balaban J connectivity index is 1.55. The highest BCUT2D eigenvalue weighted by Crippen LogP contribution is 2.37. The highest BCUT2D eigenvalue weighted by atomic mass is 32.2. The molecule has 1 amide bonds. The van der Waals surface area contributed by atoms with Gasteiger partial charge in [0.1, 0.15) is 6.33 Å². The van der Waals surface area contributed by atoms with Gasteiger partial charge < -0.3 is 14.6 Å². The highest BCUT2D eigenvalue weighted by Gasteiger charge is 2.37. The molecular weight excluding hydrogens is 292 g/mol. The lowest BCUT2D eigenvalue weighted by Gasteiger charge is -2.15. The zero-order valence-electron chi connectivity index (χ0n) is 11.8. The van der Waals surface area contributed by atoms with Crippen LogP contribution in [0.2, 0.25) is 0 Å². The summed E-state index contributed by atoms with van der Waals surface area (Å²) in [6.45, 7) is 2.71. The molecule has 8 heteroatoms. The molecule has 0 spiro atoms. The lowest BCUT2D eigenvalue weighted by molar-refractivity contribution is -0.142. The van der Waals surface area contributed by atoms with E-state index in [4.69, 9.17) is 5.11 Å². The number of carboxylic acids is 1. The van der Waals surface area contributed by atoms with Gasteiger partial charge in [0.15, 0.2) is 5.16 Å². The molecule has 1 aromatic rings. The number of nitrogens with zero attached hydrogens (tertiary/aromatic N) is 4. The van der Waals surface area contributed by atoms with E-state index in [1.807, 2.05) is 11.5 Å². The summed E-state index contributed by atoms with van der Waals surface area (Å²) < 4.78 is 2.02. The first-order valence-corrected chi connectivity index (χ1v) is 8.07. The minimum Gasteiger partial charge on any atom is -0.481 e. The molecule has 7 nitrogen and oxygen atoms in total. The maximum Gasteiger partial charge on any atom is 0.308 e. The number of carboxylic acid groups (broad SMARTS) is 1. The third kappa shape index (κ3) is 3.04. The first-order valence-electron chi connectivity index (χ1n) is 7.09. The molecule has 1 aliphatic heterocycles. The zero-order chi connectivity index (χ0) is 15.0. The molecular formula is C13H18N4O3S. The van der Waals surface area contributed by atoms with Crippen LogP contribution < -0.4 is 0 Å². The summed E-state index contributed by atoms with van der Waals surface area (Å²) in [5.41, 5.74) is 0. The third-order valence-corrected chi connectivity index (χ3v) is 5.03. The number of rotatable bonds is 5. The van der Waals surface area contributed by atoms with Gasteiger partial charge in [-0.2, -0.15) is 0 Å². The highest BCUT2D eigenvalue weighted by molar-refractivity contribution is 7.99. The maximum atomic E-state index is 12.2. The van der Waals surface area contributed by atoms with Gasteiger partial charge in [-0.25, -0.2) is 0 Å². The average molecular weight is 310 g/mol. The number of carbonyl (C=O) groups is 2. The molecule has 114 valence electrons. The van der Waals surface area contributed by atoms with Crippen molar-refractivity contribution in [3.8, 4) is 0 Å². The van der Waals surface area contributed by atoms with Crippen molar-refractivity contribution in [1.82, 2.24) is 19.7 Å². The molecule has 1 N–H and O–H groups in total. The van der Waals surface area contributed by atoms with Crippen molar-refractivity contribution in [2.75, 3.05) is 18.8 Å². The van der Waals surface area contributed by atoms with Crippen LogP contribution in [-0.2, 0) is 9.59 Å². The lowest BCUT2D eigenvalue weighted by atomic mass is 9.99. The number of aliphatic carboxylic acids is 1. The van der Waals surface area contributed by atoms with Crippen molar-refractivity contribution in [2.24, 2.45) is 11.8 Å². The fourth-order valence-corrected chi connectivity index (χ4v) is 3.53. The number of carbonyl (C=O) groups excluding carboxylic acids is 1. The number of thioether (sulfide) groups is 1. The number of hydrogen-bond donors (Lipinski definition) is 1. The van der Waals surface area contributed by atoms with Gasteiger partial charge in [0, 0.05) is 19.1 Å². The van der Waals surface area contributed by atoms with E-state index in [2.05, 4.69) is 10.2 Å². The Morgan fingerprint density at radius 1 is 1.43 bits per heavy atom. The second-order valence-electron chi connectivity index (χ2n) is 5.76. The molecule has 2 fully saturated rings. The molecule has 1 saturated heterocycles. The second kappa shape index (κ2) is 5.67. The van der Waals surface area contributed by atoms with E-state index >= 15 is 0 Å². The molecule has 21 heavy (non-hydrogen) atoms. The van der Waals surface area contributed by atoms with Crippen molar-refractivity contribution in [3.05, 3.63) is 6.33 Å². The van der Waals surface area contributed by atoms with Gasteiger partial charge in [-0.1, -0.05) is 18.7 Å². The summed E-state index contributed by atoms with van der Waals surface area (Å²) in [6, 6.07) is 0.487. The van der Waals surface area contributed by atoms with Gasteiger partial charge in [-0.05, 0) is 18.8 Å². The first kappa shape index (κ1) is 14.4. The summed E-state index contributed by atoms with van der Waals surface area (Å²) in [5, 5.41) is 17.8. The number of amides is 1. The largest absolute Gasteiger partial charge is 0.481 e. The topological polar surface area (TPSA) is 88.3 Å². The number of hydrogen-bond acceptors (Lipinski definition) is 5. The SMILES string of the molecule is C[C@@H]1CN(C(=O)CSc2nncn2C2CC2)C[C@H]1C(=O)O. The number of likely N-dealkylation sites (tertiary alicyclic amines) is 1. The molecule has 0 bridgehead atoms. The van der Waals surface area contributed by atoms with Crippen molar-refractivity contribution in [1.29, 1.82) is 0 Å². The molecule has 3 rings (SSSR count). The van der Waals surface area contributed by atoms with E-state index in [9.17, 15) is 9.59 Å². The Morgan fingerprint density at radius 3 is 2.81 bits per heavy atom. The van der Waals surface area contributed by atoms with E-state index in [1.54, 1.807) is 11.2 Å². The van der Waals surface area contributed by atoms with Crippen LogP contribution in [0.25, 0.3) is 0 Å². The van der Waals surface area contributed by atoms with Crippen LogP contribution in [-0.4, -0.2) is 55.5 Å². The zero-order valence-corrected chi connectivity index (χ0v) is 12.6. The van der Waals surface area contributed by atoms with Crippen LogP contribution in [0.1, 0.15) is 25.8 Å². The van der Waals surface area contributed by atoms with Gasteiger partial charge in [-0.3, -0.25) is 9.59 Å². The molecule has 1 aromatic heterocycles. The minimum atomic E-state index is -0.820. The predicted molar refractivity (Wildman–Crippen MR) is 75.9 cm³/mol. The van der Waals surface area contributed by atoms with E-state index in [0.717, 1.165) is 18.0 Å². The summed E-state index contributed by atoms with van der Waals surface area (Å²) in [6.07, 6.45) is 4.00. The molecule has 0 aromatic carbocycles. The summed E-state index contributed by atoms with van der Waals surface area (Å²) in [4.78, 5) is 24.9. The third-order valence-electron chi connectivity index (χ3n) is 4.09. The van der Waals surface area contributed by atoms with E-state index < -0.39 is 11.9 Å². The van der Waals surface area contributed by atoms with Gasteiger partial charge in [0.05, 0.1) is 11.7 Å². The summed E-state index contributed by atoms with van der Waals surface area (Å²) in [7, 11) is 0. The van der Waals surface area contributed by atoms with Crippen LogP contribution in [0, 0.1) is 11.8 Å². The quantitative estimate of drug-likeness (QED) is 0.812. The Morgan fingerprint density at radius 2 is 2.19 bits per heavy atom. The van der Waals surface area contributed by atoms with Crippen molar-refractivity contribution in [3.63, 3.8) is 0 Å². The Kier molecular flexibility index (Phi) is 3.88. The molecule has 2 heterocycles. The Bertz CT molecular complexity index is 557. The van der Waals surface area contributed by atoms with Crippen LogP contribution in [0.15, 0.2) is 11.5 Å². The van der Waals surface area contributed by atoms with Gasteiger partial charge in [-0.15, -0.1) is 10.2 Å². The molecule has 0 radical (unpaired) electrons.